The molecule has 5 N–H and O–H groups in total. The van der Waals surface area contributed by atoms with Crippen LogP contribution in [0, 0.1) is 0 Å². The number of rotatable bonds is 15. The molecule has 11 nitrogen and oxygen atoms in total. The van der Waals surface area contributed by atoms with Crippen LogP contribution < -0.4 is 74.3 Å². The standard InChI is InChI=1S/C15H15NO.C13H19NO4.C10H12O3.C10H10.C2H4O.2ClH.K/c17-12-11-16-15(13-7-3-1-4-8-13)14-9-5-2-6-10-14;14-5-6-16-7-8-17-9-10-18-13-3-1-12(11-15)2-4-13;11-9-4-2-8(3-5-9)10-12-6-1-7-13-10;1-2-6-10-8-4-3-7-9(10)5-1;1-2-3-1;;;/h1-10,17H,11-12H2;1-4,11H,5-10,14H2;2-5,10-11H,1,6-7H2;1-3,5-7H,4,8H2;1-2H2;2*1H;/q;;;;;;;+1. The molecule has 0 spiro atoms. The summed E-state index contributed by atoms with van der Waals surface area (Å²) in [5.41, 5.74) is 11.2. The quantitative estimate of drug-likeness (QED) is 0.0467. The van der Waals surface area contributed by atoms with Gasteiger partial charge in [0.05, 0.1) is 78.3 Å². The molecule has 0 bridgehead atoms. The van der Waals surface area contributed by atoms with E-state index in [1.165, 1.54) is 24.0 Å². The minimum absolute atomic E-state index is 0. The molecule has 2 aliphatic heterocycles. The van der Waals surface area contributed by atoms with Crippen molar-refractivity contribution in [3.8, 4) is 11.5 Å². The first kappa shape index (κ1) is 58.7. The van der Waals surface area contributed by atoms with Gasteiger partial charge in [-0.25, -0.2) is 0 Å². The van der Waals surface area contributed by atoms with Gasteiger partial charge in [-0.05, 0) is 66.8 Å². The number of quaternary nitrogens is 1. The Balaban J connectivity index is 0.000000417. The Bertz CT molecular complexity index is 1910. The zero-order valence-corrected chi connectivity index (χ0v) is 41.5. The first-order chi connectivity index (χ1) is 30.1. The molecule has 1 aliphatic carbocycles. The summed E-state index contributed by atoms with van der Waals surface area (Å²) in [6.07, 6.45) is 8.37. The number of epoxide rings is 1. The van der Waals surface area contributed by atoms with Crippen LogP contribution >= 0.6 is 12.4 Å². The first-order valence-electron chi connectivity index (χ1n) is 20.8. The molecule has 5 aromatic carbocycles. The van der Waals surface area contributed by atoms with E-state index in [2.05, 4.69) is 51.9 Å². The van der Waals surface area contributed by atoms with Crippen LogP contribution in [-0.4, -0.2) is 101 Å². The van der Waals surface area contributed by atoms with Crippen molar-refractivity contribution in [2.45, 2.75) is 25.6 Å². The van der Waals surface area contributed by atoms with Crippen LogP contribution in [-0.2, 0) is 30.1 Å². The third-order valence-corrected chi connectivity index (χ3v) is 8.77. The fourth-order valence-corrected chi connectivity index (χ4v) is 5.67. The van der Waals surface area contributed by atoms with Crippen LogP contribution in [0.5, 0.6) is 11.5 Å². The van der Waals surface area contributed by atoms with E-state index in [9.17, 15) is 4.79 Å². The number of aliphatic hydroxyl groups is 1. The number of ether oxygens (including phenoxy) is 6. The van der Waals surface area contributed by atoms with Gasteiger partial charge >= 0.3 is 51.4 Å². The van der Waals surface area contributed by atoms with Crippen LogP contribution in [0.25, 0.3) is 6.08 Å². The number of fused-ring (bicyclic) bond motifs is 1. The number of aldehydes is 1. The van der Waals surface area contributed by atoms with E-state index in [-0.39, 0.29) is 94.8 Å². The van der Waals surface area contributed by atoms with Gasteiger partial charge in [-0.2, -0.15) is 0 Å². The van der Waals surface area contributed by atoms with Gasteiger partial charge in [0.15, 0.2) is 6.29 Å². The number of hydrogen-bond acceptors (Lipinski definition) is 10. The van der Waals surface area contributed by atoms with Crippen molar-refractivity contribution in [2.75, 3.05) is 79.2 Å². The maximum atomic E-state index is 10.4. The number of benzene rings is 5. The second-order valence-corrected chi connectivity index (χ2v) is 13.6. The fraction of sp³-hybridized carbons (Fsp3) is 0.320. The number of allylic oxidation sites excluding steroid dienone is 1. The molecule has 3 aliphatic rings. The van der Waals surface area contributed by atoms with Crippen LogP contribution in [0.1, 0.15) is 57.3 Å². The number of nitrogens with zero attached hydrogens (tertiary/aromatic N) is 1. The van der Waals surface area contributed by atoms with Crippen molar-refractivity contribution in [2.24, 2.45) is 4.99 Å². The summed E-state index contributed by atoms with van der Waals surface area (Å²) in [4.78, 5) is 14.9. The number of aryl methyl sites for hydroxylation is 1. The maximum absolute atomic E-state index is 10.4. The van der Waals surface area contributed by atoms with Crippen molar-refractivity contribution in [3.05, 3.63) is 173 Å². The molecule has 2 fully saturated rings. The number of aliphatic hydroxyl groups excluding tert-OH is 1. The van der Waals surface area contributed by atoms with Crippen molar-refractivity contribution < 1.29 is 113 Å². The van der Waals surface area contributed by atoms with E-state index < -0.39 is 0 Å². The maximum Gasteiger partial charge on any atom is 1.00 e. The Morgan fingerprint density at radius 2 is 1.30 bits per heavy atom. The van der Waals surface area contributed by atoms with Crippen molar-refractivity contribution >= 4 is 30.5 Å². The summed E-state index contributed by atoms with van der Waals surface area (Å²) in [7, 11) is 0. The van der Waals surface area contributed by atoms with E-state index in [4.69, 9.17) is 33.9 Å². The minimum atomic E-state index is -0.255. The Labute approximate surface area is 433 Å². The average Bonchev–Trinajstić information content (AvgIpc) is 4.23. The zero-order chi connectivity index (χ0) is 43.0. The number of halogens is 2. The molecule has 5 aromatic rings. The van der Waals surface area contributed by atoms with E-state index in [0.29, 0.717) is 45.1 Å². The van der Waals surface area contributed by atoms with Gasteiger partial charge in [0.2, 0.25) is 0 Å². The van der Waals surface area contributed by atoms with Gasteiger partial charge in [0.1, 0.15) is 24.4 Å². The molecular formula is C50H62Cl2KN2O9+. The minimum Gasteiger partial charge on any atom is -1.00 e. The topological polar surface area (TPSA) is 156 Å². The van der Waals surface area contributed by atoms with Gasteiger partial charge in [-0.3, -0.25) is 9.79 Å². The molecule has 0 unspecified atom stereocenters. The summed E-state index contributed by atoms with van der Waals surface area (Å²) in [6, 6.07) is 42.5. The molecule has 2 saturated heterocycles. The average molecular weight is 945 g/mol. The molecule has 340 valence electrons. The Hall–Kier alpha value is -3.28. The molecular weight excluding hydrogens is 883 g/mol. The van der Waals surface area contributed by atoms with Crippen LogP contribution in [0.4, 0.5) is 0 Å². The number of phenolic OH excluding ortho intramolecular Hbond substituents is 1. The molecule has 0 aromatic heterocycles. The fourth-order valence-electron chi connectivity index (χ4n) is 5.67. The number of aliphatic imine (C=N–C) groups is 1. The second kappa shape index (κ2) is 37.9. The molecule has 0 saturated carbocycles. The number of carbonyl (C=O) groups is 1. The van der Waals surface area contributed by atoms with Gasteiger partial charge < -0.3 is 56.8 Å². The van der Waals surface area contributed by atoms with Crippen LogP contribution in [0.3, 0.4) is 0 Å². The van der Waals surface area contributed by atoms with Gasteiger partial charge in [0, 0.05) is 22.3 Å². The SMILES string of the molecule is C1=Cc2ccccc2CC1.C1CO1.Cl.OCCN=C(c1ccccc1)c1ccccc1.Oc1ccc(C2OCCCO2)cc1.[Cl-].[K+].[NH3+]CCOCCOCCOc1ccc(C=O)cc1. The van der Waals surface area contributed by atoms with E-state index in [1.807, 2.05) is 72.8 Å². The Morgan fingerprint density at radius 3 is 1.84 bits per heavy atom. The number of aromatic hydroxyl groups is 1. The zero-order valence-electron chi connectivity index (χ0n) is 36.8. The number of hydrogen-bond donors (Lipinski definition) is 3. The number of phenols is 1. The van der Waals surface area contributed by atoms with Crippen molar-refractivity contribution in [1.82, 2.24) is 0 Å². The molecule has 14 heteroatoms. The van der Waals surface area contributed by atoms with Gasteiger partial charge in [-0.1, -0.05) is 109 Å². The van der Waals surface area contributed by atoms with Gasteiger partial charge in [0.25, 0.3) is 0 Å². The van der Waals surface area contributed by atoms with Crippen LogP contribution in [0.2, 0.25) is 0 Å². The third kappa shape index (κ3) is 25.4. The molecule has 0 radical (unpaired) electrons. The summed E-state index contributed by atoms with van der Waals surface area (Å²) < 4.78 is 31.3. The van der Waals surface area contributed by atoms with Crippen molar-refractivity contribution in [1.29, 1.82) is 0 Å². The Kier molecular flexibility index (Phi) is 34.8. The number of carbonyl (C=O) groups excluding carboxylic acids is 1. The second-order valence-electron chi connectivity index (χ2n) is 13.6. The molecule has 0 amide bonds. The molecule has 64 heavy (non-hydrogen) atoms. The normalized spacial score (nSPS) is 12.8. The largest absolute Gasteiger partial charge is 1.00 e. The summed E-state index contributed by atoms with van der Waals surface area (Å²) in [5.74, 6) is 0.997. The summed E-state index contributed by atoms with van der Waals surface area (Å²) >= 11 is 0. The van der Waals surface area contributed by atoms with Crippen molar-refractivity contribution in [3.63, 3.8) is 0 Å². The first-order valence-corrected chi connectivity index (χ1v) is 20.8. The van der Waals surface area contributed by atoms with E-state index in [0.717, 1.165) is 73.8 Å². The van der Waals surface area contributed by atoms with E-state index in [1.54, 1.807) is 36.4 Å². The smallest absolute Gasteiger partial charge is 1.00 e. The summed E-state index contributed by atoms with van der Waals surface area (Å²) in [5, 5.41) is 18.0. The van der Waals surface area contributed by atoms with E-state index >= 15 is 0 Å². The summed E-state index contributed by atoms with van der Waals surface area (Å²) in [6.45, 7) is 7.58. The van der Waals surface area contributed by atoms with Crippen LogP contribution in [0.15, 0.2) is 145 Å². The third-order valence-electron chi connectivity index (χ3n) is 8.77. The predicted molar refractivity (Wildman–Crippen MR) is 246 cm³/mol. The van der Waals surface area contributed by atoms with Gasteiger partial charge in [-0.15, -0.1) is 12.4 Å². The molecule has 2 heterocycles. The molecule has 8 rings (SSSR count). The molecule has 0 atom stereocenters. The monoisotopic (exact) mass is 943 g/mol. The Morgan fingerprint density at radius 1 is 0.734 bits per heavy atom. The predicted octanol–water partition coefficient (Wildman–Crippen LogP) is 1.59.